The van der Waals surface area contributed by atoms with Crippen LogP contribution >= 0.6 is 23.2 Å². The highest BCUT2D eigenvalue weighted by molar-refractivity contribution is 7.92. The Balaban J connectivity index is 2.08. The fourth-order valence-corrected chi connectivity index (χ4v) is 6.09. The molecule has 3 rings (SSSR count). The molecule has 0 heterocycles. The van der Waals surface area contributed by atoms with Gasteiger partial charge in [0.05, 0.1) is 17.7 Å². The molecular formula is C29H33Cl2N3O5S. The third-order valence-electron chi connectivity index (χ3n) is 6.07. The van der Waals surface area contributed by atoms with E-state index in [4.69, 9.17) is 27.9 Å². The summed E-state index contributed by atoms with van der Waals surface area (Å²) in [5, 5.41) is 3.29. The van der Waals surface area contributed by atoms with Gasteiger partial charge in [-0.1, -0.05) is 60.5 Å². The minimum Gasteiger partial charge on any atom is -0.497 e. The van der Waals surface area contributed by atoms with Crippen molar-refractivity contribution in [2.45, 2.75) is 50.7 Å². The van der Waals surface area contributed by atoms with Crippen molar-refractivity contribution < 1.29 is 22.7 Å². The van der Waals surface area contributed by atoms with Crippen LogP contribution in [-0.4, -0.2) is 50.9 Å². The zero-order valence-electron chi connectivity index (χ0n) is 22.8. The normalized spacial score (nSPS) is 12.1. The summed E-state index contributed by atoms with van der Waals surface area (Å²) in [6.07, 6.45) is 0.314. The summed E-state index contributed by atoms with van der Waals surface area (Å²) in [6, 6.07) is 18.2. The van der Waals surface area contributed by atoms with Crippen LogP contribution < -0.4 is 14.4 Å². The van der Waals surface area contributed by atoms with Crippen molar-refractivity contribution in [3.63, 3.8) is 0 Å². The number of amides is 2. The van der Waals surface area contributed by atoms with Crippen molar-refractivity contribution in [2.24, 2.45) is 0 Å². The van der Waals surface area contributed by atoms with Crippen LogP contribution in [0.2, 0.25) is 10.0 Å². The Morgan fingerprint density at radius 1 is 0.950 bits per heavy atom. The summed E-state index contributed by atoms with van der Waals surface area (Å²) >= 11 is 12.4. The average Bonchev–Trinajstić information content (AvgIpc) is 2.91. The number of carbonyl (C=O) groups is 2. The Bertz CT molecular complexity index is 1400. The Hall–Kier alpha value is -3.27. The molecule has 0 aliphatic heterocycles. The molecule has 0 unspecified atom stereocenters. The summed E-state index contributed by atoms with van der Waals surface area (Å²) in [5.74, 6) is -0.260. The lowest BCUT2D eigenvalue weighted by atomic mass is 10.1. The number of hydrogen-bond acceptors (Lipinski definition) is 5. The van der Waals surface area contributed by atoms with Gasteiger partial charge in [-0.25, -0.2) is 8.42 Å². The highest BCUT2D eigenvalue weighted by Gasteiger charge is 2.34. The first-order valence-corrected chi connectivity index (χ1v) is 14.9. The largest absolute Gasteiger partial charge is 0.497 e. The number of nitrogens with one attached hydrogen (secondary N) is 1. The number of nitrogens with zero attached hydrogens (tertiary/aromatic N) is 2. The van der Waals surface area contributed by atoms with E-state index in [1.54, 1.807) is 56.5 Å². The predicted octanol–water partition coefficient (Wildman–Crippen LogP) is 5.53. The van der Waals surface area contributed by atoms with Gasteiger partial charge in [0.2, 0.25) is 11.8 Å². The molecule has 3 aromatic carbocycles. The van der Waals surface area contributed by atoms with Crippen molar-refractivity contribution in [3.05, 3.63) is 88.4 Å². The van der Waals surface area contributed by atoms with E-state index in [1.807, 2.05) is 13.8 Å². The van der Waals surface area contributed by atoms with Crippen molar-refractivity contribution in [1.82, 2.24) is 10.2 Å². The maximum absolute atomic E-state index is 14.0. The van der Waals surface area contributed by atoms with Crippen molar-refractivity contribution in [1.29, 1.82) is 0 Å². The van der Waals surface area contributed by atoms with Gasteiger partial charge in [-0.3, -0.25) is 13.9 Å². The molecule has 214 valence electrons. The topological polar surface area (TPSA) is 96.0 Å². The molecule has 40 heavy (non-hydrogen) atoms. The Morgan fingerprint density at radius 3 is 2.08 bits per heavy atom. The zero-order valence-corrected chi connectivity index (χ0v) is 25.1. The number of methoxy groups -OCH3 is 1. The molecule has 0 spiro atoms. The Labute approximate surface area is 245 Å². The van der Waals surface area contributed by atoms with Gasteiger partial charge < -0.3 is 15.0 Å². The molecule has 0 saturated heterocycles. The van der Waals surface area contributed by atoms with E-state index in [2.05, 4.69) is 5.32 Å². The van der Waals surface area contributed by atoms with Crippen LogP contribution in [0.1, 0.15) is 32.8 Å². The van der Waals surface area contributed by atoms with E-state index in [1.165, 1.54) is 35.2 Å². The maximum Gasteiger partial charge on any atom is 0.264 e. The molecule has 0 aliphatic carbocycles. The summed E-state index contributed by atoms with van der Waals surface area (Å²) in [6.45, 7) is 4.95. The third kappa shape index (κ3) is 7.90. The molecule has 8 nitrogen and oxygen atoms in total. The minimum absolute atomic E-state index is 0.00908. The molecule has 3 aromatic rings. The number of sulfonamides is 1. The molecule has 0 aromatic heterocycles. The van der Waals surface area contributed by atoms with Crippen molar-refractivity contribution in [3.8, 4) is 5.75 Å². The smallest absolute Gasteiger partial charge is 0.264 e. The second-order valence-corrected chi connectivity index (χ2v) is 12.1. The van der Waals surface area contributed by atoms with Crippen LogP contribution in [-0.2, 0) is 26.2 Å². The molecule has 1 N–H and O–H groups in total. The number of benzene rings is 3. The average molecular weight is 607 g/mol. The van der Waals surface area contributed by atoms with Gasteiger partial charge in [0.25, 0.3) is 10.0 Å². The van der Waals surface area contributed by atoms with Crippen LogP contribution in [0.15, 0.2) is 77.7 Å². The number of ether oxygens (including phenoxy) is 1. The highest BCUT2D eigenvalue weighted by Crippen LogP contribution is 2.30. The molecular weight excluding hydrogens is 573 g/mol. The zero-order chi connectivity index (χ0) is 29.4. The van der Waals surface area contributed by atoms with Crippen LogP contribution in [0.25, 0.3) is 0 Å². The van der Waals surface area contributed by atoms with Gasteiger partial charge in [0, 0.05) is 22.6 Å². The lowest BCUT2D eigenvalue weighted by molar-refractivity contribution is -0.140. The fourth-order valence-electron chi connectivity index (χ4n) is 4.16. The number of anilines is 1. The third-order valence-corrected chi connectivity index (χ3v) is 8.30. The number of halogens is 2. The summed E-state index contributed by atoms with van der Waals surface area (Å²) in [4.78, 5) is 28.6. The van der Waals surface area contributed by atoms with E-state index in [0.717, 1.165) is 9.87 Å². The first kappa shape index (κ1) is 31.3. The van der Waals surface area contributed by atoms with Crippen LogP contribution in [0, 0.1) is 0 Å². The number of hydrogen-bond donors (Lipinski definition) is 1. The highest BCUT2D eigenvalue weighted by atomic mass is 35.5. The SMILES string of the molecule is CC[C@H](C(=O)NC(C)C)N(Cc1ccc(OC)cc1)C(=O)CN(c1cc(Cl)cc(Cl)c1)S(=O)(=O)c1ccccc1. The first-order valence-electron chi connectivity index (χ1n) is 12.7. The molecule has 2 amide bonds. The quantitative estimate of drug-likeness (QED) is 0.293. The van der Waals surface area contributed by atoms with E-state index in [0.29, 0.717) is 12.2 Å². The van der Waals surface area contributed by atoms with Gasteiger partial charge >= 0.3 is 0 Å². The lowest BCUT2D eigenvalue weighted by Gasteiger charge is -2.33. The fraction of sp³-hybridized carbons (Fsp3) is 0.310. The molecule has 1 atom stereocenters. The van der Waals surface area contributed by atoms with E-state index < -0.39 is 28.5 Å². The molecule has 0 saturated carbocycles. The summed E-state index contributed by atoms with van der Waals surface area (Å²) in [5.41, 5.74) is 0.868. The van der Waals surface area contributed by atoms with Gasteiger partial charge in [0.15, 0.2) is 0 Å². The summed E-state index contributed by atoms with van der Waals surface area (Å²) in [7, 11) is -2.66. The van der Waals surface area contributed by atoms with Crippen LogP contribution in [0.3, 0.4) is 0 Å². The van der Waals surface area contributed by atoms with Gasteiger partial charge in [-0.05, 0) is 68.3 Å². The molecule has 0 fully saturated rings. The van der Waals surface area contributed by atoms with Crippen LogP contribution in [0.5, 0.6) is 5.75 Å². The minimum atomic E-state index is -4.22. The maximum atomic E-state index is 14.0. The van der Waals surface area contributed by atoms with Crippen LogP contribution in [0.4, 0.5) is 5.69 Å². The Morgan fingerprint density at radius 2 is 1.55 bits per heavy atom. The number of carbonyl (C=O) groups excluding carboxylic acids is 2. The second kappa shape index (κ2) is 13.9. The predicted molar refractivity (Wildman–Crippen MR) is 158 cm³/mol. The number of rotatable bonds is 12. The summed E-state index contributed by atoms with van der Waals surface area (Å²) < 4.78 is 33.9. The van der Waals surface area contributed by atoms with E-state index >= 15 is 0 Å². The van der Waals surface area contributed by atoms with Gasteiger partial charge in [-0.2, -0.15) is 0 Å². The molecule has 11 heteroatoms. The van der Waals surface area contributed by atoms with Gasteiger partial charge in [-0.15, -0.1) is 0 Å². The van der Waals surface area contributed by atoms with Crippen molar-refractivity contribution in [2.75, 3.05) is 18.0 Å². The van der Waals surface area contributed by atoms with Gasteiger partial charge in [0.1, 0.15) is 18.3 Å². The van der Waals surface area contributed by atoms with E-state index in [-0.39, 0.29) is 39.1 Å². The molecule has 0 radical (unpaired) electrons. The molecule has 0 bridgehead atoms. The molecule has 0 aliphatic rings. The van der Waals surface area contributed by atoms with Crippen molar-refractivity contribution >= 4 is 50.7 Å². The lowest BCUT2D eigenvalue weighted by Crippen LogP contribution is -2.53. The second-order valence-electron chi connectivity index (χ2n) is 9.41. The Kier molecular flexibility index (Phi) is 10.8. The standard InChI is InChI=1S/C29H33Cl2N3O5S/c1-5-27(29(36)32-20(2)3)33(18-21-11-13-25(39-4)14-12-21)28(35)19-34(24-16-22(30)15-23(31)17-24)40(37,38)26-9-7-6-8-10-26/h6-17,20,27H,5,18-19H2,1-4H3,(H,32,36)/t27-/m1/s1. The monoisotopic (exact) mass is 605 g/mol. The first-order chi connectivity index (χ1) is 19.0. The van der Waals surface area contributed by atoms with E-state index in [9.17, 15) is 18.0 Å².